The van der Waals surface area contributed by atoms with Gasteiger partial charge in [-0.3, -0.25) is 9.59 Å². The van der Waals surface area contributed by atoms with E-state index in [2.05, 4.69) is 26.2 Å². The molecule has 3 aromatic rings. The van der Waals surface area contributed by atoms with Crippen molar-refractivity contribution in [2.45, 2.75) is 6.54 Å². The zero-order chi connectivity index (χ0) is 19.9. The highest BCUT2D eigenvalue weighted by Crippen LogP contribution is 2.22. The molecule has 1 aromatic heterocycles. The fourth-order valence-corrected chi connectivity index (χ4v) is 2.57. The van der Waals surface area contributed by atoms with Crippen molar-refractivity contribution in [2.24, 2.45) is 0 Å². The van der Waals surface area contributed by atoms with Gasteiger partial charge in [-0.15, -0.1) is 5.10 Å². The standard InChI is InChI=1S/C19H21N7O2/c1-25(2)12-18(27)21-16-5-3-4-6-17(16)22-19(28)15-9-7-14(8-10-15)11-26-13-20-23-24-26/h3-10,13H,11-12H2,1-2H3,(H,21,27)(H,22,28). The van der Waals surface area contributed by atoms with Gasteiger partial charge >= 0.3 is 0 Å². The van der Waals surface area contributed by atoms with Gasteiger partial charge in [0.15, 0.2) is 0 Å². The van der Waals surface area contributed by atoms with Gasteiger partial charge in [-0.25, -0.2) is 4.68 Å². The van der Waals surface area contributed by atoms with Crippen LogP contribution in [0.1, 0.15) is 15.9 Å². The van der Waals surface area contributed by atoms with Crippen LogP contribution in [-0.2, 0) is 11.3 Å². The number of amides is 2. The van der Waals surface area contributed by atoms with E-state index >= 15 is 0 Å². The number of likely N-dealkylation sites (N-methyl/N-ethyl adjacent to an activating group) is 1. The second-order valence-corrected chi connectivity index (χ2v) is 6.49. The quantitative estimate of drug-likeness (QED) is 0.644. The van der Waals surface area contributed by atoms with Crippen LogP contribution in [-0.4, -0.2) is 57.6 Å². The van der Waals surface area contributed by atoms with Crippen molar-refractivity contribution >= 4 is 23.2 Å². The molecule has 9 nitrogen and oxygen atoms in total. The van der Waals surface area contributed by atoms with Crippen LogP contribution in [0.3, 0.4) is 0 Å². The predicted octanol–water partition coefficient (Wildman–Crippen LogP) is 1.47. The molecule has 0 aliphatic heterocycles. The number of aromatic nitrogens is 4. The van der Waals surface area contributed by atoms with E-state index in [0.717, 1.165) is 5.56 Å². The molecule has 2 amide bonds. The Labute approximate surface area is 162 Å². The number of tetrazole rings is 1. The molecule has 28 heavy (non-hydrogen) atoms. The Hall–Kier alpha value is -3.59. The van der Waals surface area contributed by atoms with E-state index < -0.39 is 0 Å². The van der Waals surface area contributed by atoms with Crippen molar-refractivity contribution in [2.75, 3.05) is 31.3 Å². The topological polar surface area (TPSA) is 105 Å². The van der Waals surface area contributed by atoms with Gasteiger partial charge < -0.3 is 15.5 Å². The Morgan fingerprint density at radius 2 is 1.68 bits per heavy atom. The van der Waals surface area contributed by atoms with Crippen molar-refractivity contribution in [3.63, 3.8) is 0 Å². The number of anilines is 2. The number of carbonyl (C=O) groups excluding carboxylic acids is 2. The van der Waals surface area contributed by atoms with Crippen molar-refractivity contribution in [3.05, 3.63) is 66.0 Å². The summed E-state index contributed by atoms with van der Waals surface area (Å²) in [4.78, 5) is 26.4. The van der Waals surface area contributed by atoms with Gasteiger partial charge in [-0.1, -0.05) is 24.3 Å². The van der Waals surface area contributed by atoms with Crippen LogP contribution in [0.15, 0.2) is 54.9 Å². The average Bonchev–Trinajstić information content (AvgIpc) is 3.16. The van der Waals surface area contributed by atoms with Crippen LogP contribution in [0.25, 0.3) is 0 Å². The first-order valence-corrected chi connectivity index (χ1v) is 8.66. The number of nitrogens with zero attached hydrogens (tertiary/aromatic N) is 5. The number of hydrogen-bond donors (Lipinski definition) is 2. The molecule has 144 valence electrons. The summed E-state index contributed by atoms with van der Waals surface area (Å²) in [5, 5.41) is 16.7. The minimum Gasteiger partial charge on any atom is -0.323 e. The average molecular weight is 379 g/mol. The lowest BCUT2D eigenvalue weighted by atomic mass is 10.1. The molecule has 0 aliphatic rings. The second-order valence-electron chi connectivity index (χ2n) is 6.49. The maximum Gasteiger partial charge on any atom is 0.255 e. The normalized spacial score (nSPS) is 10.7. The third-order valence-corrected chi connectivity index (χ3v) is 3.86. The maximum atomic E-state index is 12.6. The molecule has 1 heterocycles. The summed E-state index contributed by atoms with van der Waals surface area (Å²) in [6.45, 7) is 0.778. The Morgan fingerprint density at radius 1 is 1.00 bits per heavy atom. The molecular weight excluding hydrogens is 358 g/mol. The van der Waals surface area contributed by atoms with Crippen LogP contribution in [0.2, 0.25) is 0 Å². The largest absolute Gasteiger partial charge is 0.323 e. The first kappa shape index (κ1) is 19.2. The fourth-order valence-electron chi connectivity index (χ4n) is 2.57. The van der Waals surface area contributed by atoms with Crippen molar-refractivity contribution in [1.29, 1.82) is 0 Å². The Kier molecular flexibility index (Phi) is 6.07. The zero-order valence-corrected chi connectivity index (χ0v) is 15.7. The highest BCUT2D eigenvalue weighted by atomic mass is 16.2. The van der Waals surface area contributed by atoms with E-state index in [1.165, 1.54) is 6.33 Å². The predicted molar refractivity (Wildman–Crippen MR) is 105 cm³/mol. The van der Waals surface area contributed by atoms with E-state index in [1.54, 1.807) is 46.0 Å². The molecule has 0 unspecified atom stereocenters. The molecule has 0 fully saturated rings. The minimum atomic E-state index is -0.261. The van der Waals surface area contributed by atoms with Crippen molar-refractivity contribution in [1.82, 2.24) is 25.1 Å². The summed E-state index contributed by atoms with van der Waals surface area (Å²) in [6.07, 6.45) is 1.53. The fraction of sp³-hybridized carbons (Fsp3) is 0.211. The van der Waals surface area contributed by atoms with Crippen molar-refractivity contribution < 1.29 is 9.59 Å². The summed E-state index contributed by atoms with van der Waals surface area (Å²) >= 11 is 0. The monoisotopic (exact) mass is 379 g/mol. The third-order valence-electron chi connectivity index (χ3n) is 3.86. The SMILES string of the molecule is CN(C)CC(=O)Nc1ccccc1NC(=O)c1ccc(Cn2cnnn2)cc1. The second kappa shape index (κ2) is 8.87. The Morgan fingerprint density at radius 3 is 2.29 bits per heavy atom. The molecular formula is C19H21N7O2. The van der Waals surface area contributed by atoms with Gasteiger partial charge in [-0.2, -0.15) is 0 Å². The summed E-state index contributed by atoms with van der Waals surface area (Å²) < 4.78 is 1.60. The molecule has 0 saturated carbocycles. The molecule has 0 atom stereocenters. The van der Waals surface area contributed by atoms with Gasteiger partial charge in [0.1, 0.15) is 6.33 Å². The lowest BCUT2D eigenvalue weighted by Gasteiger charge is -2.14. The maximum absolute atomic E-state index is 12.6. The minimum absolute atomic E-state index is 0.154. The zero-order valence-electron chi connectivity index (χ0n) is 15.7. The van der Waals surface area contributed by atoms with E-state index in [9.17, 15) is 9.59 Å². The molecule has 9 heteroatoms. The first-order valence-electron chi connectivity index (χ1n) is 8.66. The third kappa shape index (κ3) is 5.21. The van der Waals surface area contributed by atoms with Crippen LogP contribution in [0.5, 0.6) is 0 Å². The van der Waals surface area contributed by atoms with Crippen LogP contribution in [0.4, 0.5) is 11.4 Å². The van der Waals surface area contributed by atoms with Gasteiger partial charge in [0.25, 0.3) is 5.91 Å². The van der Waals surface area contributed by atoms with Crippen LogP contribution >= 0.6 is 0 Å². The van der Waals surface area contributed by atoms with E-state index in [-0.39, 0.29) is 18.4 Å². The number of benzene rings is 2. The summed E-state index contributed by atoms with van der Waals surface area (Å²) in [5.74, 6) is -0.415. The first-order chi connectivity index (χ1) is 13.5. The number of nitrogens with one attached hydrogen (secondary N) is 2. The highest BCUT2D eigenvalue weighted by molar-refractivity contribution is 6.07. The van der Waals surface area contributed by atoms with E-state index in [4.69, 9.17) is 0 Å². The highest BCUT2D eigenvalue weighted by Gasteiger charge is 2.11. The summed E-state index contributed by atoms with van der Waals surface area (Å²) in [5.41, 5.74) is 2.57. The number of rotatable bonds is 7. The Balaban J connectivity index is 1.66. The number of carbonyl (C=O) groups is 2. The number of hydrogen-bond acceptors (Lipinski definition) is 6. The summed E-state index contributed by atoms with van der Waals surface area (Å²) in [7, 11) is 3.63. The van der Waals surface area contributed by atoms with Crippen LogP contribution < -0.4 is 10.6 Å². The Bertz CT molecular complexity index is 937. The van der Waals surface area contributed by atoms with Gasteiger partial charge in [0.05, 0.1) is 24.5 Å². The molecule has 2 aromatic carbocycles. The molecule has 0 radical (unpaired) electrons. The number of para-hydroxylation sites is 2. The van der Waals surface area contributed by atoms with Gasteiger partial charge in [-0.05, 0) is 54.4 Å². The molecule has 3 rings (SSSR count). The van der Waals surface area contributed by atoms with Crippen LogP contribution in [0, 0.1) is 0 Å². The molecule has 0 spiro atoms. The molecule has 0 aliphatic carbocycles. The molecule has 2 N–H and O–H groups in total. The van der Waals surface area contributed by atoms with Gasteiger partial charge in [0, 0.05) is 5.56 Å². The lowest BCUT2D eigenvalue weighted by molar-refractivity contribution is -0.116. The van der Waals surface area contributed by atoms with E-state index in [1.807, 2.05) is 26.2 Å². The van der Waals surface area contributed by atoms with Gasteiger partial charge in [0.2, 0.25) is 5.91 Å². The molecule has 0 saturated heterocycles. The van der Waals surface area contributed by atoms with Crippen molar-refractivity contribution in [3.8, 4) is 0 Å². The smallest absolute Gasteiger partial charge is 0.255 e. The lowest BCUT2D eigenvalue weighted by Crippen LogP contribution is -2.27. The summed E-state index contributed by atoms with van der Waals surface area (Å²) in [6, 6.07) is 14.3. The molecule has 0 bridgehead atoms. The van der Waals surface area contributed by atoms with E-state index in [0.29, 0.717) is 23.5 Å².